The van der Waals surface area contributed by atoms with Gasteiger partial charge in [0.25, 0.3) is 5.91 Å². The van der Waals surface area contributed by atoms with Crippen molar-refractivity contribution >= 4 is 17.8 Å². The quantitative estimate of drug-likeness (QED) is 0.692. The van der Waals surface area contributed by atoms with Crippen LogP contribution in [-0.2, 0) is 15.1 Å². The number of carbonyl (C=O) groups excluding carboxylic acids is 3. The Morgan fingerprint density at radius 2 is 2.08 bits per heavy atom. The van der Waals surface area contributed by atoms with Gasteiger partial charge in [-0.3, -0.25) is 14.5 Å². The van der Waals surface area contributed by atoms with Crippen LogP contribution in [0.1, 0.15) is 24.5 Å². The number of hydrogen-bond acceptors (Lipinski definition) is 5. The summed E-state index contributed by atoms with van der Waals surface area (Å²) in [6.07, 6.45) is 0.348. The van der Waals surface area contributed by atoms with E-state index in [0.717, 1.165) is 10.5 Å². The van der Waals surface area contributed by atoms with Crippen LogP contribution in [0.25, 0.3) is 0 Å². The number of methoxy groups -OCH3 is 1. The minimum atomic E-state index is -1.20. The molecule has 1 heterocycles. The normalized spacial score (nSPS) is 19.5. The SMILES string of the molecule is CCC1(c2ccc(OC)c(C)c2)NC(=O)N(CC(=O)N(C)CCO)C1=O. The highest BCUT2D eigenvalue weighted by Gasteiger charge is 2.51. The lowest BCUT2D eigenvalue weighted by Crippen LogP contribution is -2.45. The summed E-state index contributed by atoms with van der Waals surface area (Å²) < 4.78 is 5.25. The first-order valence-corrected chi connectivity index (χ1v) is 8.44. The molecule has 0 saturated carbocycles. The van der Waals surface area contributed by atoms with Gasteiger partial charge in [0.2, 0.25) is 5.91 Å². The molecule has 1 fully saturated rings. The molecule has 0 radical (unpaired) electrons. The van der Waals surface area contributed by atoms with E-state index < -0.39 is 23.4 Å². The maximum atomic E-state index is 13.0. The van der Waals surface area contributed by atoms with Crippen LogP contribution >= 0.6 is 0 Å². The molecule has 2 N–H and O–H groups in total. The van der Waals surface area contributed by atoms with Gasteiger partial charge >= 0.3 is 6.03 Å². The van der Waals surface area contributed by atoms with Gasteiger partial charge < -0.3 is 20.1 Å². The Morgan fingerprint density at radius 3 is 2.62 bits per heavy atom. The van der Waals surface area contributed by atoms with E-state index >= 15 is 0 Å². The summed E-state index contributed by atoms with van der Waals surface area (Å²) in [5.41, 5.74) is 0.289. The average molecular weight is 363 g/mol. The second kappa shape index (κ2) is 7.74. The van der Waals surface area contributed by atoms with Gasteiger partial charge in [-0.25, -0.2) is 4.79 Å². The molecule has 142 valence electrons. The van der Waals surface area contributed by atoms with Crippen LogP contribution in [0.2, 0.25) is 0 Å². The largest absolute Gasteiger partial charge is 0.496 e. The third-order valence-corrected chi connectivity index (χ3v) is 4.75. The van der Waals surface area contributed by atoms with Gasteiger partial charge in [-0.05, 0) is 36.6 Å². The smallest absolute Gasteiger partial charge is 0.325 e. The van der Waals surface area contributed by atoms with E-state index in [2.05, 4.69) is 5.32 Å². The maximum absolute atomic E-state index is 13.0. The van der Waals surface area contributed by atoms with Crippen molar-refractivity contribution in [1.29, 1.82) is 0 Å². The Kier molecular flexibility index (Phi) is 5.86. The molecule has 1 unspecified atom stereocenters. The van der Waals surface area contributed by atoms with Crippen LogP contribution in [0.3, 0.4) is 0 Å². The van der Waals surface area contributed by atoms with Crippen molar-refractivity contribution in [2.75, 3.05) is 33.9 Å². The van der Waals surface area contributed by atoms with Crippen molar-refractivity contribution in [1.82, 2.24) is 15.1 Å². The number of aryl methyl sites for hydroxylation is 1. The molecule has 1 aromatic rings. The summed E-state index contributed by atoms with van der Waals surface area (Å²) in [5.74, 6) is -0.185. The number of ether oxygens (including phenoxy) is 1. The number of aliphatic hydroxyl groups is 1. The third kappa shape index (κ3) is 3.37. The first kappa shape index (κ1) is 19.7. The Bertz CT molecular complexity index is 721. The van der Waals surface area contributed by atoms with E-state index in [1.165, 1.54) is 11.9 Å². The average Bonchev–Trinajstić information content (AvgIpc) is 2.86. The Morgan fingerprint density at radius 1 is 1.38 bits per heavy atom. The van der Waals surface area contributed by atoms with Crippen molar-refractivity contribution in [3.8, 4) is 5.75 Å². The molecule has 0 aromatic heterocycles. The monoisotopic (exact) mass is 363 g/mol. The topological polar surface area (TPSA) is 99.2 Å². The summed E-state index contributed by atoms with van der Waals surface area (Å²) in [6, 6.07) is 4.71. The van der Waals surface area contributed by atoms with E-state index in [4.69, 9.17) is 9.84 Å². The number of carbonyl (C=O) groups is 3. The molecule has 0 spiro atoms. The lowest BCUT2D eigenvalue weighted by molar-refractivity contribution is -0.138. The highest BCUT2D eigenvalue weighted by atomic mass is 16.5. The van der Waals surface area contributed by atoms with E-state index in [9.17, 15) is 14.4 Å². The number of likely N-dealkylation sites (N-methyl/N-ethyl adjacent to an activating group) is 1. The van der Waals surface area contributed by atoms with Gasteiger partial charge in [0, 0.05) is 13.6 Å². The number of aliphatic hydroxyl groups excluding tert-OH is 1. The molecule has 26 heavy (non-hydrogen) atoms. The van der Waals surface area contributed by atoms with E-state index in [1.54, 1.807) is 26.2 Å². The molecule has 0 aliphatic carbocycles. The van der Waals surface area contributed by atoms with Crippen molar-refractivity contribution in [2.24, 2.45) is 0 Å². The van der Waals surface area contributed by atoms with Crippen molar-refractivity contribution in [3.63, 3.8) is 0 Å². The predicted molar refractivity (Wildman–Crippen MR) is 94.7 cm³/mol. The molecule has 1 atom stereocenters. The van der Waals surface area contributed by atoms with Crippen LogP contribution in [0.5, 0.6) is 5.75 Å². The summed E-state index contributed by atoms with van der Waals surface area (Å²) in [5, 5.41) is 11.7. The number of nitrogens with one attached hydrogen (secondary N) is 1. The lowest BCUT2D eigenvalue weighted by Gasteiger charge is -2.27. The van der Waals surface area contributed by atoms with Gasteiger partial charge in [-0.2, -0.15) is 0 Å². The predicted octanol–water partition coefficient (Wildman–Crippen LogP) is 0.611. The number of benzene rings is 1. The second-order valence-electron chi connectivity index (χ2n) is 6.30. The zero-order valence-corrected chi connectivity index (χ0v) is 15.5. The number of urea groups is 1. The first-order valence-electron chi connectivity index (χ1n) is 8.44. The molecule has 1 aliphatic rings. The lowest BCUT2D eigenvalue weighted by atomic mass is 9.86. The fraction of sp³-hybridized carbons (Fsp3) is 0.500. The third-order valence-electron chi connectivity index (χ3n) is 4.75. The minimum Gasteiger partial charge on any atom is -0.496 e. The second-order valence-corrected chi connectivity index (χ2v) is 6.30. The first-order chi connectivity index (χ1) is 12.3. The van der Waals surface area contributed by atoms with E-state index in [-0.39, 0.29) is 19.7 Å². The molecular formula is C18H25N3O5. The van der Waals surface area contributed by atoms with Gasteiger partial charge in [0.15, 0.2) is 0 Å². The zero-order chi connectivity index (χ0) is 19.5. The van der Waals surface area contributed by atoms with Crippen LogP contribution in [0.15, 0.2) is 18.2 Å². The van der Waals surface area contributed by atoms with E-state index in [1.807, 2.05) is 13.0 Å². The van der Waals surface area contributed by atoms with Crippen LogP contribution < -0.4 is 10.1 Å². The van der Waals surface area contributed by atoms with Crippen molar-refractivity contribution in [2.45, 2.75) is 25.8 Å². The number of nitrogens with zero attached hydrogens (tertiary/aromatic N) is 2. The summed E-state index contributed by atoms with van der Waals surface area (Å²) in [4.78, 5) is 39.8. The summed E-state index contributed by atoms with van der Waals surface area (Å²) in [7, 11) is 3.08. The molecule has 8 heteroatoms. The minimum absolute atomic E-state index is 0.138. The van der Waals surface area contributed by atoms with Crippen LogP contribution in [0, 0.1) is 6.92 Å². The Hall–Kier alpha value is -2.61. The highest BCUT2D eigenvalue weighted by Crippen LogP contribution is 2.34. The zero-order valence-electron chi connectivity index (χ0n) is 15.5. The Labute approximate surface area is 152 Å². The van der Waals surface area contributed by atoms with Crippen LogP contribution in [0.4, 0.5) is 4.79 Å². The van der Waals surface area contributed by atoms with Crippen LogP contribution in [-0.4, -0.2) is 66.6 Å². The molecule has 1 aliphatic heterocycles. The number of amides is 4. The number of imide groups is 1. The van der Waals surface area contributed by atoms with Gasteiger partial charge in [0.1, 0.15) is 17.8 Å². The summed E-state index contributed by atoms with van der Waals surface area (Å²) in [6.45, 7) is 3.25. The van der Waals surface area contributed by atoms with E-state index in [0.29, 0.717) is 17.7 Å². The Balaban J connectivity index is 2.31. The number of hydrogen-bond donors (Lipinski definition) is 2. The number of rotatable bonds is 7. The standard InChI is InChI=1S/C18H25N3O5/c1-5-18(13-6-7-14(26-4)12(2)10-13)16(24)21(17(25)19-18)11-15(23)20(3)8-9-22/h6-7,10,22H,5,8-9,11H2,1-4H3,(H,19,25). The van der Waals surface area contributed by atoms with Gasteiger partial charge in [-0.15, -0.1) is 0 Å². The fourth-order valence-corrected chi connectivity index (χ4v) is 3.08. The maximum Gasteiger partial charge on any atom is 0.325 e. The molecule has 4 amide bonds. The fourth-order valence-electron chi connectivity index (χ4n) is 3.08. The van der Waals surface area contributed by atoms with Gasteiger partial charge in [0.05, 0.1) is 13.7 Å². The summed E-state index contributed by atoms with van der Waals surface area (Å²) >= 11 is 0. The highest BCUT2D eigenvalue weighted by molar-refractivity contribution is 6.09. The van der Waals surface area contributed by atoms with Crippen molar-refractivity contribution < 1.29 is 24.2 Å². The van der Waals surface area contributed by atoms with Crippen molar-refractivity contribution in [3.05, 3.63) is 29.3 Å². The molecule has 1 aromatic carbocycles. The molecule has 2 rings (SSSR count). The molecular weight excluding hydrogens is 338 g/mol. The molecule has 1 saturated heterocycles. The molecule has 0 bridgehead atoms. The van der Waals surface area contributed by atoms with Gasteiger partial charge in [-0.1, -0.05) is 13.0 Å². The molecule has 8 nitrogen and oxygen atoms in total.